The molecule has 0 aliphatic rings. The summed E-state index contributed by atoms with van der Waals surface area (Å²) in [5, 5.41) is 19.1. The van der Waals surface area contributed by atoms with Gasteiger partial charge in [-0.1, -0.05) is 19.1 Å². The summed E-state index contributed by atoms with van der Waals surface area (Å²) in [6.45, 7) is -2.23. The van der Waals surface area contributed by atoms with E-state index in [0.29, 0.717) is 28.3 Å². The number of aromatic hydroxyl groups is 2. The molecule has 0 bridgehead atoms. The second kappa shape index (κ2) is 7.41. The first-order valence-electron chi connectivity index (χ1n) is 7.14. The van der Waals surface area contributed by atoms with Crippen LogP contribution in [0.4, 0.5) is 0 Å². The maximum atomic E-state index is 11.3. The Labute approximate surface area is 138 Å². The van der Waals surface area contributed by atoms with Gasteiger partial charge in [-0.3, -0.25) is 0 Å². The van der Waals surface area contributed by atoms with Gasteiger partial charge in [-0.2, -0.15) is 0 Å². The summed E-state index contributed by atoms with van der Waals surface area (Å²) < 4.78 is 11.3. The molecule has 0 saturated carbocycles. The monoisotopic (exact) mass is 354 g/mol. The zero-order valence-corrected chi connectivity index (χ0v) is 14.3. The molecule has 0 spiro atoms. The van der Waals surface area contributed by atoms with Gasteiger partial charge in [0.1, 0.15) is 11.5 Å². The van der Waals surface area contributed by atoms with Gasteiger partial charge in [0.25, 0.3) is 0 Å². The Morgan fingerprint density at radius 3 is 2.22 bits per heavy atom. The molecular weight excluding hydrogens is 335 g/mol. The predicted octanol–water partition coefficient (Wildman–Crippen LogP) is 4.02. The van der Waals surface area contributed by atoms with Gasteiger partial charge in [0.05, 0.1) is 0 Å². The van der Waals surface area contributed by atoms with Crippen molar-refractivity contribution in [2.75, 3.05) is 0 Å². The molecule has 0 radical (unpaired) electrons. The third-order valence-corrected chi connectivity index (χ3v) is 5.72. The van der Waals surface area contributed by atoms with E-state index in [4.69, 9.17) is 0 Å². The van der Waals surface area contributed by atoms with Gasteiger partial charge < -0.3 is 20.0 Å². The molecule has 2 rings (SSSR count). The SMILES string of the molecule is CCC(Cc1cc(O)ccc1SP(=O)(O)O)c1ccc(O)cc1. The van der Waals surface area contributed by atoms with Crippen LogP contribution in [0.2, 0.25) is 0 Å². The van der Waals surface area contributed by atoms with E-state index in [2.05, 4.69) is 0 Å². The maximum absolute atomic E-state index is 11.3. The van der Waals surface area contributed by atoms with Crippen molar-refractivity contribution < 1.29 is 24.6 Å². The van der Waals surface area contributed by atoms with Crippen LogP contribution in [0.1, 0.15) is 30.4 Å². The smallest absolute Gasteiger partial charge is 0.388 e. The lowest BCUT2D eigenvalue weighted by Gasteiger charge is -2.18. The van der Waals surface area contributed by atoms with Crippen molar-refractivity contribution >= 4 is 18.2 Å². The quantitative estimate of drug-likeness (QED) is 0.585. The minimum Gasteiger partial charge on any atom is -0.508 e. The normalized spacial score (nSPS) is 13.0. The lowest BCUT2D eigenvalue weighted by Crippen LogP contribution is -2.03. The molecule has 0 saturated heterocycles. The first-order valence-corrected chi connectivity index (χ1v) is 10.2. The molecule has 124 valence electrons. The molecule has 1 atom stereocenters. The molecule has 0 aliphatic heterocycles. The molecular formula is C16H19O5PS. The minimum atomic E-state index is -4.26. The van der Waals surface area contributed by atoms with Crippen molar-refractivity contribution in [1.29, 1.82) is 0 Å². The minimum absolute atomic E-state index is 0.0654. The summed E-state index contributed by atoms with van der Waals surface area (Å²) in [6.07, 6.45) is 1.36. The fourth-order valence-corrected chi connectivity index (χ4v) is 4.40. The van der Waals surface area contributed by atoms with Gasteiger partial charge in [-0.05, 0) is 71.6 Å². The van der Waals surface area contributed by atoms with Gasteiger partial charge in [-0.15, -0.1) is 0 Å². The number of rotatable bonds is 6. The van der Waals surface area contributed by atoms with Crippen LogP contribution in [0, 0.1) is 0 Å². The number of hydrogen-bond acceptors (Lipinski definition) is 4. The Hall–Kier alpha value is -1.46. The maximum Gasteiger partial charge on any atom is 0.388 e. The highest BCUT2D eigenvalue weighted by atomic mass is 32.7. The van der Waals surface area contributed by atoms with E-state index in [0.717, 1.165) is 12.0 Å². The summed E-state index contributed by atoms with van der Waals surface area (Å²) in [4.78, 5) is 18.8. The van der Waals surface area contributed by atoms with Gasteiger partial charge >= 0.3 is 6.80 Å². The Bertz CT molecular complexity index is 711. The molecule has 0 fully saturated rings. The lowest BCUT2D eigenvalue weighted by atomic mass is 9.90. The van der Waals surface area contributed by atoms with Crippen molar-refractivity contribution in [2.24, 2.45) is 0 Å². The van der Waals surface area contributed by atoms with Crippen LogP contribution in [-0.2, 0) is 11.0 Å². The van der Waals surface area contributed by atoms with Crippen LogP contribution >= 0.6 is 18.2 Å². The number of benzene rings is 2. The van der Waals surface area contributed by atoms with E-state index < -0.39 is 6.80 Å². The molecule has 0 aliphatic carbocycles. The molecule has 2 aromatic rings. The molecule has 1 unspecified atom stereocenters. The van der Waals surface area contributed by atoms with E-state index in [-0.39, 0.29) is 17.4 Å². The predicted molar refractivity (Wildman–Crippen MR) is 90.9 cm³/mol. The second-order valence-corrected chi connectivity index (χ2v) is 8.85. The molecule has 5 nitrogen and oxygen atoms in total. The Kier molecular flexibility index (Phi) is 5.76. The molecule has 4 N–H and O–H groups in total. The molecule has 0 heterocycles. The van der Waals surface area contributed by atoms with Crippen LogP contribution in [0.25, 0.3) is 0 Å². The summed E-state index contributed by atoms with van der Waals surface area (Å²) in [6, 6.07) is 11.4. The standard InChI is InChI=1S/C16H19O5PS/c1-2-11(12-3-5-14(17)6-4-12)9-13-10-15(18)7-8-16(13)23-22(19,20)21/h3-8,10-11,17-18H,2,9H2,1H3,(H2,19,20,21). The van der Waals surface area contributed by atoms with E-state index in [9.17, 15) is 24.6 Å². The van der Waals surface area contributed by atoms with E-state index in [1.165, 1.54) is 12.1 Å². The van der Waals surface area contributed by atoms with Crippen LogP contribution in [-0.4, -0.2) is 20.0 Å². The number of hydrogen-bond donors (Lipinski definition) is 4. The zero-order chi connectivity index (χ0) is 17.0. The second-order valence-electron chi connectivity index (χ2n) is 5.27. The van der Waals surface area contributed by atoms with Gasteiger partial charge in [0.15, 0.2) is 0 Å². The summed E-state index contributed by atoms with van der Waals surface area (Å²) in [5.41, 5.74) is 1.72. The van der Waals surface area contributed by atoms with E-state index >= 15 is 0 Å². The summed E-state index contributed by atoms with van der Waals surface area (Å²) in [5.74, 6) is 0.378. The van der Waals surface area contributed by atoms with Crippen LogP contribution in [0.15, 0.2) is 47.4 Å². The van der Waals surface area contributed by atoms with Crippen molar-refractivity contribution in [2.45, 2.75) is 30.6 Å². The number of phenols is 2. The van der Waals surface area contributed by atoms with Crippen LogP contribution < -0.4 is 0 Å². The topological polar surface area (TPSA) is 98.0 Å². The lowest BCUT2D eigenvalue weighted by molar-refractivity contribution is 0.397. The highest BCUT2D eigenvalue weighted by molar-refractivity contribution is 8.54. The van der Waals surface area contributed by atoms with Crippen LogP contribution in [0.5, 0.6) is 11.5 Å². The first kappa shape index (κ1) is 17.9. The largest absolute Gasteiger partial charge is 0.508 e. The molecule has 2 aromatic carbocycles. The van der Waals surface area contributed by atoms with Crippen molar-refractivity contribution in [3.8, 4) is 11.5 Å². The molecule has 23 heavy (non-hydrogen) atoms. The number of phenolic OH excluding ortho intramolecular Hbond substituents is 2. The molecule has 0 aromatic heterocycles. The third kappa shape index (κ3) is 5.29. The van der Waals surface area contributed by atoms with Crippen LogP contribution in [0.3, 0.4) is 0 Å². The van der Waals surface area contributed by atoms with Crippen molar-refractivity contribution in [1.82, 2.24) is 0 Å². The van der Waals surface area contributed by atoms with Gasteiger partial charge in [0.2, 0.25) is 0 Å². The Morgan fingerprint density at radius 1 is 1.04 bits per heavy atom. The van der Waals surface area contributed by atoms with Crippen molar-refractivity contribution in [3.63, 3.8) is 0 Å². The average Bonchev–Trinajstić information content (AvgIpc) is 2.47. The zero-order valence-electron chi connectivity index (χ0n) is 12.6. The third-order valence-electron chi connectivity index (χ3n) is 3.58. The fraction of sp³-hybridized carbons (Fsp3) is 0.250. The molecule has 0 amide bonds. The summed E-state index contributed by atoms with van der Waals surface area (Å²) >= 11 is 0.502. The van der Waals surface area contributed by atoms with Gasteiger partial charge in [-0.25, -0.2) is 4.57 Å². The van der Waals surface area contributed by atoms with Crippen molar-refractivity contribution in [3.05, 3.63) is 53.6 Å². The fourth-order valence-electron chi connectivity index (χ4n) is 2.45. The highest BCUT2D eigenvalue weighted by Gasteiger charge is 2.20. The Balaban J connectivity index is 2.31. The molecule has 7 heteroatoms. The van der Waals surface area contributed by atoms with E-state index in [1.807, 2.05) is 19.1 Å². The van der Waals surface area contributed by atoms with E-state index in [1.54, 1.807) is 18.2 Å². The first-order chi connectivity index (χ1) is 10.8. The Morgan fingerprint density at radius 2 is 1.65 bits per heavy atom. The average molecular weight is 354 g/mol. The summed E-state index contributed by atoms with van der Waals surface area (Å²) in [7, 11) is 0. The van der Waals surface area contributed by atoms with Gasteiger partial charge in [0, 0.05) is 4.90 Å². The highest BCUT2D eigenvalue weighted by Crippen LogP contribution is 2.55.